The van der Waals surface area contributed by atoms with Gasteiger partial charge in [-0.15, -0.1) is 0 Å². The first-order valence-corrected chi connectivity index (χ1v) is 51.8. The molecule has 0 spiro atoms. The van der Waals surface area contributed by atoms with Gasteiger partial charge in [0.25, 0.3) is 5.91 Å². The van der Waals surface area contributed by atoms with Crippen molar-refractivity contribution < 1.29 is 81.1 Å². The van der Waals surface area contributed by atoms with Crippen molar-refractivity contribution in [2.45, 2.75) is 303 Å². The average Bonchev–Trinajstić information content (AvgIpc) is 1.58. The fourth-order valence-corrected chi connectivity index (χ4v) is 24.7. The van der Waals surface area contributed by atoms with Crippen LogP contribution in [0.1, 0.15) is 326 Å². The summed E-state index contributed by atoms with van der Waals surface area (Å²) in [7, 11) is 0. The van der Waals surface area contributed by atoms with Crippen LogP contribution in [0.4, 0.5) is 0 Å². The molecule has 18 rings (SSSR count). The fourth-order valence-electron chi connectivity index (χ4n) is 24.7. The summed E-state index contributed by atoms with van der Waals surface area (Å²) in [5.41, 5.74) is 23.9. The molecule has 11 unspecified atom stereocenters. The molecule has 21 heteroatoms. The molecule has 5 saturated heterocycles. The molecule has 6 saturated carbocycles. The molecule has 6 heterocycles. The summed E-state index contributed by atoms with van der Waals surface area (Å²) in [6.45, 7) is 48.4. The molecule has 5 aliphatic heterocycles. The third-order valence-electron chi connectivity index (χ3n) is 31.6. The molecule has 1 aromatic heterocycles. The standard InChI is InChI=1S/C25H30N2O4.C25H32O4.C24H31NO3.C23H29NO3.C22H28O3/c1-13-8-14(2)21(15(3)9-13)23-20(28)11-19(24(23)29)10-18-6-7-27(12-18)25(30)22-16(4)26-31-17(22)5;1-15-11-16(2)21(17(3)12-15)22-20(29-24(27)25(4,5)6)14-19(23(22)26)13-18-7-9-28-10-8-18;1-14(2)8-21(27)25-7-6-18(13-25)11-19-12-20(26)23(24(19)28)22-16(4)9-15(3)10-17(22)5;1-13-8-14(2)20(15(3)9-13)21-19(25)11-18(22(21)26)10-16-6-7-24(12-16)23(27)17-4-5-17;1-13-9-17(16-3-4-16)10-14(2)20(13)21-19(23)12-18(22(21)24)11-15-5-7-25-8-6-15/h8-9,18-19,23H,6-7,10-12H2,1-5H3;11-13,18H,7-10,14H2,1-6H3;8-10,18-19,23H,6-7,11-13H2,1-5H3;8-9,16-18,21H,4-7,10-12H2,1-3H3;9-10,15-16,18,21H,3-8,11-12H2,1-2H3/b;19-13+;;;. The largest absolute Gasteiger partial charge is 0.430 e. The van der Waals surface area contributed by atoms with Crippen molar-refractivity contribution in [3.05, 3.63) is 218 Å². The van der Waals surface area contributed by atoms with Gasteiger partial charge in [0.1, 0.15) is 63.9 Å². The Balaban J connectivity index is 0.000000140. The molecule has 0 radical (unpaired) electrons. The van der Waals surface area contributed by atoms with Gasteiger partial charge in [-0.2, -0.15) is 0 Å². The number of esters is 1. The van der Waals surface area contributed by atoms with Crippen molar-refractivity contribution in [1.82, 2.24) is 19.9 Å². The van der Waals surface area contributed by atoms with Crippen molar-refractivity contribution in [3.63, 3.8) is 0 Å². The Kier molecular flexibility index (Phi) is 33.4. The van der Waals surface area contributed by atoms with Crippen LogP contribution in [-0.4, -0.2) is 161 Å². The number of rotatable bonds is 19. The van der Waals surface area contributed by atoms with Crippen LogP contribution in [0, 0.1) is 175 Å². The third-order valence-corrected chi connectivity index (χ3v) is 31.6. The van der Waals surface area contributed by atoms with Crippen molar-refractivity contribution in [1.29, 1.82) is 0 Å². The van der Waals surface area contributed by atoms with Crippen molar-refractivity contribution in [2.24, 2.45) is 64.6 Å². The maximum Gasteiger partial charge on any atom is 0.316 e. The van der Waals surface area contributed by atoms with Crippen LogP contribution in [0.2, 0.25) is 0 Å². The third kappa shape index (κ3) is 24.3. The lowest BCUT2D eigenvalue weighted by molar-refractivity contribution is -0.148. The number of hydrogen-bond donors (Lipinski definition) is 0. The summed E-state index contributed by atoms with van der Waals surface area (Å²) in [6, 6.07) is 20.9. The number of amides is 3. The molecule has 11 fully saturated rings. The number of Topliss-reactive ketones (excluding diaryl/α,β-unsaturated/α-hetero) is 9. The van der Waals surface area contributed by atoms with Gasteiger partial charge in [0.15, 0.2) is 28.9 Å². The van der Waals surface area contributed by atoms with E-state index in [2.05, 4.69) is 73.6 Å². The number of ketones is 9. The van der Waals surface area contributed by atoms with E-state index in [1.54, 1.807) is 19.9 Å². The Hall–Kier alpha value is -10.6. The highest BCUT2D eigenvalue weighted by molar-refractivity contribution is 6.32. The second-order valence-electron chi connectivity index (χ2n) is 44.9. The highest BCUT2D eigenvalue weighted by Gasteiger charge is 2.51. The molecule has 0 bridgehead atoms. The second kappa shape index (κ2) is 44.5. The van der Waals surface area contributed by atoms with E-state index in [0.717, 1.165) is 234 Å². The molecule has 11 atom stereocenters. The molecule has 5 aromatic carbocycles. The highest BCUT2D eigenvalue weighted by atomic mass is 16.5. The van der Waals surface area contributed by atoms with E-state index in [1.165, 1.54) is 18.4 Å². The van der Waals surface area contributed by atoms with E-state index in [0.29, 0.717) is 128 Å². The topological polar surface area (TPSA) is 285 Å². The molecular formula is C119H150N4O17. The SMILES string of the molecule is CC(C)=CC(=O)N1CCC(CC2CC(=O)C(c3c(C)cc(C)cc3C)C2=O)C1.Cc1cc(C)c(C2=C(OC(=O)C(C)(C)C)C/C(=C\C3CCOCC3)C2=O)c(C)c1.Cc1cc(C)c(C2C(=O)CC(CC3CCN(C(=O)C4CC4)C3)C2=O)c(C)c1.Cc1cc(C)c(C2C(=O)CC(CC3CCN(C(=O)c4c(C)noc4C)C3)C2=O)c(C)c1.Cc1cc(C2CC2)cc(C)c1C1C(=O)CC(CC2CCOCC2)C1=O. The summed E-state index contributed by atoms with van der Waals surface area (Å²) in [5, 5.41) is 3.88. The number of nitrogens with zero attached hydrogens (tertiary/aromatic N) is 4. The minimum absolute atomic E-state index is 0.0109. The van der Waals surface area contributed by atoms with Gasteiger partial charge in [0.05, 0.1) is 16.7 Å². The van der Waals surface area contributed by atoms with Crippen LogP contribution in [0.3, 0.4) is 0 Å². The summed E-state index contributed by atoms with van der Waals surface area (Å²) in [5.74, 6) is 1.35. The van der Waals surface area contributed by atoms with E-state index in [-0.39, 0.29) is 105 Å². The Morgan fingerprint density at radius 2 is 0.786 bits per heavy atom. The van der Waals surface area contributed by atoms with Crippen LogP contribution in [-0.2, 0) is 71.7 Å². The van der Waals surface area contributed by atoms with Gasteiger partial charge in [0, 0.05) is 139 Å². The van der Waals surface area contributed by atoms with Crippen molar-refractivity contribution >= 4 is 81.3 Å². The van der Waals surface area contributed by atoms with E-state index in [4.69, 9.17) is 18.7 Å². The number of aryl methyl sites for hydroxylation is 16. The summed E-state index contributed by atoms with van der Waals surface area (Å²) < 4.78 is 21.8. The Morgan fingerprint density at radius 3 is 1.16 bits per heavy atom. The number of hydrogen-bond acceptors (Lipinski definition) is 18. The van der Waals surface area contributed by atoms with E-state index >= 15 is 0 Å². The molecule has 748 valence electrons. The van der Waals surface area contributed by atoms with Crippen LogP contribution < -0.4 is 0 Å². The van der Waals surface area contributed by atoms with Gasteiger partial charge in [-0.3, -0.25) is 62.3 Å². The van der Waals surface area contributed by atoms with Crippen LogP contribution in [0.15, 0.2) is 94.2 Å². The summed E-state index contributed by atoms with van der Waals surface area (Å²) in [4.78, 5) is 173. The molecule has 140 heavy (non-hydrogen) atoms. The highest BCUT2D eigenvalue weighted by Crippen LogP contribution is 2.49. The lowest BCUT2D eigenvalue weighted by atomic mass is 9.83. The van der Waals surface area contributed by atoms with Crippen molar-refractivity contribution in [3.8, 4) is 0 Å². The van der Waals surface area contributed by atoms with E-state index in [1.807, 2.05) is 145 Å². The smallest absolute Gasteiger partial charge is 0.316 e. The molecule has 6 aromatic rings. The maximum atomic E-state index is 13.5. The molecule has 12 aliphatic rings. The average molecular weight is 1910 g/mol. The number of ether oxygens (including phenoxy) is 3. The lowest BCUT2D eigenvalue weighted by Gasteiger charge is -2.24. The minimum atomic E-state index is -0.633. The predicted molar refractivity (Wildman–Crippen MR) is 541 cm³/mol. The normalized spacial score (nSPS) is 24.8. The van der Waals surface area contributed by atoms with E-state index < -0.39 is 29.1 Å². The van der Waals surface area contributed by atoms with Gasteiger partial charge in [-0.25, -0.2) is 0 Å². The first kappa shape index (κ1) is 105. The number of likely N-dealkylation sites (tertiary alicyclic amines) is 3. The first-order valence-electron chi connectivity index (χ1n) is 51.8. The monoisotopic (exact) mass is 1910 g/mol. The van der Waals surface area contributed by atoms with Gasteiger partial charge >= 0.3 is 5.97 Å². The number of allylic oxidation sites excluding steroid dienone is 4. The predicted octanol–water partition coefficient (Wildman–Crippen LogP) is 21.0. The second-order valence-corrected chi connectivity index (χ2v) is 44.9. The minimum Gasteiger partial charge on any atom is -0.430 e. The number of carbonyl (C=O) groups excluding carboxylic acids is 13. The zero-order chi connectivity index (χ0) is 101. The Bertz CT molecular complexity index is 5840. The number of aromatic nitrogens is 1. The molecule has 3 amide bonds. The maximum absolute atomic E-state index is 13.5. The van der Waals surface area contributed by atoms with Gasteiger partial charge in [-0.05, 0) is 366 Å². The van der Waals surface area contributed by atoms with E-state index in [9.17, 15) is 62.3 Å². The first-order chi connectivity index (χ1) is 66.3. The van der Waals surface area contributed by atoms with Gasteiger partial charge < -0.3 is 33.4 Å². The van der Waals surface area contributed by atoms with Gasteiger partial charge in [-0.1, -0.05) is 99.7 Å². The molecule has 21 nitrogen and oxygen atoms in total. The quantitative estimate of drug-likeness (QED) is 0.0413. The van der Waals surface area contributed by atoms with Gasteiger partial charge in [0.2, 0.25) is 11.8 Å². The molecule has 0 N–H and O–H groups in total. The number of benzene rings is 5. The van der Waals surface area contributed by atoms with Crippen molar-refractivity contribution in [2.75, 3.05) is 65.7 Å². The van der Waals surface area contributed by atoms with Crippen LogP contribution in [0.25, 0.3) is 5.57 Å². The zero-order valence-electron chi connectivity index (χ0n) is 87.0. The summed E-state index contributed by atoms with van der Waals surface area (Å²) in [6.07, 6.45) is 19.8. The van der Waals surface area contributed by atoms with Crippen LogP contribution >= 0.6 is 0 Å². The zero-order valence-corrected chi connectivity index (χ0v) is 87.0. The fraction of sp³-hybridized carbons (Fsp3) is 0.563. The molecular weight excluding hydrogens is 1760 g/mol. The lowest BCUT2D eigenvalue weighted by Crippen LogP contribution is -2.30. The number of carbonyl (C=O) groups is 13. The van der Waals surface area contributed by atoms with Crippen LogP contribution in [0.5, 0.6) is 0 Å². The Labute approximate surface area is 829 Å². The Morgan fingerprint density at radius 1 is 0.429 bits per heavy atom. The molecule has 7 aliphatic carbocycles. The summed E-state index contributed by atoms with van der Waals surface area (Å²) >= 11 is 0.